The van der Waals surface area contributed by atoms with E-state index >= 15 is 0 Å². The van der Waals surface area contributed by atoms with Crippen LogP contribution >= 0.6 is 15.9 Å². The second kappa shape index (κ2) is 6.51. The van der Waals surface area contributed by atoms with Crippen molar-refractivity contribution in [3.05, 3.63) is 16.6 Å². The topological polar surface area (TPSA) is 76.1 Å². The quantitative estimate of drug-likeness (QED) is 0.840. The Labute approximate surface area is 132 Å². The Morgan fingerprint density at radius 2 is 1.95 bits per heavy atom. The summed E-state index contributed by atoms with van der Waals surface area (Å²) in [4.78, 5) is 0.112. The van der Waals surface area contributed by atoms with Crippen molar-refractivity contribution in [1.29, 1.82) is 0 Å². The molecule has 1 saturated heterocycles. The number of aliphatic hydroxyl groups excluding tert-OH is 1. The Balaban J connectivity index is 2.49. The van der Waals surface area contributed by atoms with Gasteiger partial charge in [-0.1, -0.05) is 0 Å². The molecular weight excluding hydrogens is 362 g/mol. The van der Waals surface area contributed by atoms with Gasteiger partial charge in [-0.15, -0.1) is 0 Å². The normalized spacial score (nSPS) is 19.7. The third kappa shape index (κ3) is 3.03. The monoisotopic (exact) mass is 379 g/mol. The van der Waals surface area contributed by atoms with Crippen LogP contribution < -0.4 is 9.47 Å². The molecule has 0 spiro atoms. The first-order valence-electron chi connectivity index (χ1n) is 6.50. The van der Waals surface area contributed by atoms with Gasteiger partial charge in [0.2, 0.25) is 10.0 Å². The van der Waals surface area contributed by atoms with Crippen molar-refractivity contribution in [3.8, 4) is 11.5 Å². The number of aliphatic hydroxyl groups is 1. The molecule has 1 aromatic rings. The zero-order valence-corrected chi connectivity index (χ0v) is 14.3. The summed E-state index contributed by atoms with van der Waals surface area (Å²) in [7, 11) is -0.758. The lowest BCUT2D eigenvalue weighted by atomic mass is 10.2. The number of methoxy groups -OCH3 is 2. The summed E-state index contributed by atoms with van der Waals surface area (Å²) in [6.45, 7) is 0.235. The molecule has 21 heavy (non-hydrogen) atoms. The van der Waals surface area contributed by atoms with E-state index in [2.05, 4.69) is 15.9 Å². The van der Waals surface area contributed by atoms with Crippen molar-refractivity contribution in [2.24, 2.45) is 0 Å². The largest absolute Gasteiger partial charge is 0.493 e. The summed E-state index contributed by atoms with van der Waals surface area (Å²) < 4.78 is 37.6. The zero-order chi connectivity index (χ0) is 15.6. The maximum atomic E-state index is 12.8. The number of hydrogen-bond donors (Lipinski definition) is 1. The summed E-state index contributed by atoms with van der Waals surface area (Å²) in [5.74, 6) is 0.794. The van der Waals surface area contributed by atoms with Crippen molar-refractivity contribution in [1.82, 2.24) is 4.31 Å². The van der Waals surface area contributed by atoms with E-state index in [0.717, 1.165) is 6.42 Å². The van der Waals surface area contributed by atoms with E-state index in [4.69, 9.17) is 9.47 Å². The predicted octanol–water partition coefficient (Wildman–Crippen LogP) is 1.61. The summed E-state index contributed by atoms with van der Waals surface area (Å²) >= 11 is 3.27. The minimum Gasteiger partial charge on any atom is -0.493 e. The van der Waals surface area contributed by atoms with Crippen LogP contribution in [0.15, 0.2) is 21.5 Å². The summed E-state index contributed by atoms with van der Waals surface area (Å²) in [6.07, 6.45) is 1.41. The van der Waals surface area contributed by atoms with Gasteiger partial charge in [0, 0.05) is 23.1 Å². The van der Waals surface area contributed by atoms with Crippen LogP contribution in [0, 0.1) is 0 Å². The standard InChI is InChI=1S/C13H18BrNO5S/c1-19-11-6-10(14)13(7-12(11)20-2)21(17,18)15-5-3-4-9(15)8-16/h6-7,9,16H,3-5,8H2,1-2H3/t9-/m0/s1. The molecule has 1 aliphatic heterocycles. The molecule has 1 N–H and O–H groups in total. The maximum Gasteiger partial charge on any atom is 0.244 e. The first kappa shape index (κ1) is 16.5. The summed E-state index contributed by atoms with van der Waals surface area (Å²) in [5, 5.41) is 9.34. The van der Waals surface area contributed by atoms with Crippen LogP contribution in [0.1, 0.15) is 12.8 Å². The molecule has 6 nitrogen and oxygen atoms in total. The Kier molecular flexibility index (Phi) is 5.13. The number of halogens is 1. The van der Waals surface area contributed by atoms with Gasteiger partial charge in [-0.3, -0.25) is 0 Å². The molecular formula is C13H18BrNO5S. The van der Waals surface area contributed by atoms with Gasteiger partial charge >= 0.3 is 0 Å². The third-order valence-electron chi connectivity index (χ3n) is 3.56. The van der Waals surface area contributed by atoms with Crippen LogP contribution in [-0.2, 0) is 10.0 Å². The first-order chi connectivity index (χ1) is 9.95. The van der Waals surface area contributed by atoms with Gasteiger partial charge in [0.25, 0.3) is 0 Å². The van der Waals surface area contributed by atoms with Crippen LogP contribution in [0.3, 0.4) is 0 Å². The summed E-state index contributed by atoms with van der Waals surface area (Å²) in [6, 6.07) is 2.63. The molecule has 1 atom stereocenters. The van der Waals surface area contributed by atoms with Gasteiger partial charge < -0.3 is 14.6 Å². The van der Waals surface area contributed by atoms with E-state index in [-0.39, 0.29) is 17.5 Å². The van der Waals surface area contributed by atoms with E-state index in [9.17, 15) is 13.5 Å². The molecule has 1 aliphatic rings. The average Bonchev–Trinajstić information content (AvgIpc) is 2.95. The lowest BCUT2D eigenvalue weighted by Crippen LogP contribution is -2.37. The molecule has 0 bridgehead atoms. The van der Waals surface area contributed by atoms with Crippen molar-refractivity contribution in [2.45, 2.75) is 23.8 Å². The smallest absolute Gasteiger partial charge is 0.244 e. The van der Waals surface area contributed by atoms with Crippen molar-refractivity contribution < 1.29 is 23.0 Å². The SMILES string of the molecule is COc1cc(Br)c(S(=O)(=O)N2CCC[C@H]2CO)cc1OC. The van der Waals surface area contributed by atoms with Gasteiger partial charge in [0.1, 0.15) is 4.90 Å². The minimum atomic E-state index is -3.70. The Morgan fingerprint density at radius 3 is 2.52 bits per heavy atom. The number of benzene rings is 1. The maximum absolute atomic E-state index is 12.8. The molecule has 0 unspecified atom stereocenters. The second-order valence-corrected chi connectivity index (χ2v) is 7.45. The Bertz CT molecular complexity index is 619. The fraction of sp³-hybridized carbons (Fsp3) is 0.538. The highest BCUT2D eigenvalue weighted by atomic mass is 79.9. The van der Waals surface area contributed by atoms with Crippen LogP contribution in [0.25, 0.3) is 0 Å². The molecule has 0 aromatic heterocycles. The molecule has 1 heterocycles. The van der Waals surface area contributed by atoms with Crippen LogP contribution in [0.5, 0.6) is 11.5 Å². The molecule has 118 valence electrons. The van der Waals surface area contributed by atoms with Crippen LogP contribution in [-0.4, -0.2) is 51.2 Å². The van der Waals surface area contributed by atoms with Crippen molar-refractivity contribution in [2.75, 3.05) is 27.4 Å². The highest BCUT2D eigenvalue weighted by Gasteiger charge is 2.36. The number of rotatable bonds is 5. The second-order valence-electron chi connectivity index (χ2n) is 4.73. The molecule has 0 amide bonds. The number of sulfonamides is 1. The van der Waals surface area contributed by atoms with Crippen molar-refractivity contribution >= 4 is 26.0 Å². The summed E-state index contributed by atoms with van der Waals surface area (Å²) in [5.41, 5.74) is 0. The minimum absolute atomic E-state index is 0.112. The Morgan fingerprint density at radius 1 is 1.33 bits per heavy atom. The van der Waals surface area contributed by atoms with E-state index in [1.54, 1.807) is 6.07 Å². The van der Waals surface area contributed by atoms with Gasteiger partial charge in [-0.25, -0.2) is 8.42 Å². The molecule has 8 heteroatoms. The molecule has 0 radical (unpaired) electrons. The molecule has 2 rings (SSSR count). The zero-order valence-electron chi connectivity index (χ0n) is 11.9. The molecule has 0 aliphatic carbocycles. The highest BCUT2D eigenvalue weighted by Crippen LogP contribution is 2.38. The highest BCUT2D eigenvalue weighted by molar-refractivity contribution is 9.10. The molecule has 0 saturated carbocycles. The van der Waals surface area contributed by atoms with Crippen LogP contribution in [0.4, 0.5) is 0 Å². The van der Waals surface area contributed by atoms with E-state index < -0.39 is 10.0 Å². The fourth-order valence-electron chi connectivity index (χ4n) is 2.47. The number of nitrogens with zero attached hydrogens (tertiary/aromatic N) is 1. The average molecular weight is 380 g/mol. The lowest BCUT2D eigenvalue weighted by molar-refractivity contribution is 0.213. The fourth-order valence-corrected chi connectivity index (χ4v) is 5.15. The van der Waals surface area contributed by atoms with Gasteiger partial charge in [-0.2, -0.15) is 4.31 Å². The number of hydrogen-bond acceptors (Lipinski definition) is 5. The van der Waals surface area contributed by atoms with Gasteiger partial charge in [0.15, 0.2) is 11.5 Å². The number of ether oxygens (including phenoxy) is 2. The molecule has 1 fully saturated rings. The first-order valence-corrected chi connectivity index (χ1v) is 8.73. The van der Waals surface area contributed by atoms with Gasteiger partial charge in [0.05, 0.1) is 20.8 Å². The Hall–Kier alpha value is -0.830. The lowest BCUT2D eigenvalue weighted by Gasteiger charge is -2.23. The van der Waals surface area contributed by atoms with Crippen molar-refractivity contribution in [3.63, 3.8) is 0 Å². The third-order valence-corrected chi connectivity index (χ3v) is 6.47. The van der Waals surface area contributed by atoms with Crippen LogP contribution in [0.2, 0.25) is 0 Å². The predicted molar refractivity (Wildman–Crippen MR) is 81.2 cm³/mol. The van der Waals surface area contributed by atoms with E-state index in [1.807, 2.05) is 0 Å². The van der Waals surface area contributed by atoms with E-state index in [1.165, 1.54) is 24.6 Å². The van der Waals surface area contributed by atoms with E-state index in [0.29, 0.717) is 28.9 Å². The van der Waals surface area contributed by atoms with Gasteiger partial charge in [-0.05, 0) is 34.8 Å². The molecule has 1 aromatic carbocycles.